The minimum absolute atomic E-state index is 0.0847. The van der Waals surface area contributed by atoms with Crippen molar-refractivity contribution in [3.05, 3.63) is 42.4 Å². The molecular formula is C17H18N6O2. The molecule has 4 rings (SSSR count). The lowest BCUT2D eigenvalue weighted by molar-refractivity contribution is -0.124. The number of hydrogen-bond acceptors (Lipinski definition) is 6. The maximum absolute atomic E-state index is 12.1. The molecule has 25 heavy (non-hydrogen) atoms. The van der Waals surface area contributed by atoms with E-state index in [1.165, 1.54) is 6.33 Å². The number of H-pyrrole nitrogens is 1. The first-order valence-corrected chi connectivity index (χ1v) is 8.19. The number of aromatic nitrogens is 4. The maximum atomic E-state index is 12.1. The molecule has 0 aliphatic carbocycles. The van der Waals surface area contributed by atoms with Gasteiger partial charge in [-0.05, 0) is 30.5 Å². The summed E-state index contributed by atoms with van der Waals surface area (Å²) in [5.41, 5.74) is 2.48. The number of fused-ring (bicyclic) bond motifs is 1. The van der Waals surface area contributed by atoms with Crippen LogP contribution in [0.25, 0.3) is 11.0 Å². The molecule has 3 heterocycles. The lowest BCUT2D eigenvalue weighted by atomic mass is 10.2. The van der Waals surface area contributed by atoms with Crippen LogP contribution in [0.3, 0.4) is 0 Å². The second kappa shape index (κ2) is 6.86. The molecule has 2 aromatic heterocycles. The number of hydrogen-bond donors (Lipinski definition) is 3. The molecule has 1 atom stereocenters. The summed E-state index contributed by atoms with van der Waals surface area (Å²) in [5, 5.41) is 13.8. The average molecular weight is 338 g/mol. The van der Waals surface area contributed by atoms with Gasteiger partial charge in [0, 0.05) is 18.8 Å². The van der Waals surface area contributed by atoms with Crippen molar-refractivity contribution in [1.82, 2.24) is 20.2 Å². The van der Waals surface area contributed by atoms with Crippen LogP contribution in [0.5, 0.6) is 0 Å². The van der Waals surface area contributed by atoms with Crippen molar-refractivity contribution in [2.45, 2.75) is 25.5 Å². The molecule has 0 bridgehead atoms. The second-order valence-electron chi connectivity index (χ2n) is 5.90. The zero-order valence-electron chi connectivity index (χ0n) is 13.5. The van der Waals surface area contributed by atoms with Gasteiger partial charge in [0.1, 0.15) is 18.2 Å². The fourth-order valence-corrected chi connectivity index (χ4v) is 2.86. The number of amides is 1. The Kier molecular flexibility index (Phi) is 4.26. The van der Waals surface area contributed by atoms with E-state index < -0.39 is 0 Å². The Morgan fingerprint density at radius 3 is 3.20 bits per heavy atom. The Morgan fingerprint density at radius 2 is 2.32 bits per heavy atom. The predicted octanol–water partition coefficient (Wildman–Crippen LogP) is 2.08. The second-order valence-corrected chi connectivity index (χ2v) is 5.90. The predicted molar refractivity (Wildman–Crippen MR) is 93.1 cm³/mol. The quantitative estimate of drug-likeness (QED) is 0.658. The molecular weight excluding hydrogens is 320 g/mol. The minimum Gasteiger partial charge on any atom is -0.368 e. The van der Waals surface area contributed by atoms with Crippen LogP contribution in [-0.2, 0) is 16.1 Å². The van der Waals surface area contributed by atoms with Crippen LogP contribution < -0.4 is 10.6 Å². The first-order valence-electron chi connectivity index (χ1n) is 8.19. The first kappa shape index (κ1) is 15.5. The summed E-state index contributed by atoms with van der Waals surface area (Å²) >= 11 is 0. The summed E-state index contributed by atoms with van der Waals surface area (Å²) in [5.74, 6) is 0.631. The largest absolute Gasteiger partial charge is 0.368 e. The number of ether oxygens (including phenoxy) is 1. The molecule has 8 nitrogen and oxygen atoms in total. The standard InChI is InChI=1S/C17H18N6O2/c24-17(14-5-2-6-25-14)22-12-4-1-3-11(7-12)8-18-15-13-9-21-23-16(13)20-10-19-15/h1,3-4,7,9-10,14H,2,5-6,8H2,(H,22,24)(H2,18,19,20,21,23). The van der Waals surface area contributed by atoms with Gasteiger partial charge in [0.15, 0.2) is 5.65 Å². The average Bonchev–Trinajstić information content (AvgIpc) is 3.31. The summed E-state index contributed by atoms with van der Waals surface area (Å²) in [4.78, 5) is 20.5. The smallest absolute Gasteiger partial charge is 0.253 e. The number of carbonyl (C=O) groups is 1. The van der Waals surface area contributed by atoms with E-state index in [9.17, 15) is 4.79 Å². The fraction of sp³-hybridized carbons (Fsp3) is 0.294. The molecule has 1 aromatic carbocycles. The summed E-state index contributed by atoms with van der Waals surface area (Å²) in [6.07, 6.45) is 4.55. The van der Waals surface area contributed by atoms with E-state index in [1.54, 1.807) is 6.20 Å². The number of benzene rings is 1. The molecule has 1 amide bonds. The summed E-state index contributed by atoms with van der Waals surface area (Å²) < 4.78 is 5.41. The Hall–Kier alpha value is -3.00. The van der Waals surface area contributed by atoms with Gasteiger partial charge in [0.2, 0.25) is 0 Å². The number of carbonyl (C=O) groups excluding carboxylic acids is 1. The van der Waals surface area contributed by atoms with Crippen molar-refractivity contribution in [2.24, 2.45) is 0 Å². The third-order valence-electron chi connectivity index (χ3n) is 4.12. The van der Waals surface area contributed by atoms with Crippen LogP contribution >= 0.6 is 0 Å². The molecule has 3 aromatic rings. The number of aromatic amines is 1. The Balaban J connectivity index is 1.43. The number of nitrogens with one attached hydrogen (secondary N) is 3. The highest BCUT2D eigenvalue weighted by atomic mass is 16.5. The summed E-state index contributed by atoms with van der Waals surface area (Å²) in [6.45, 7) is 1.23. The minimum atomic E-state index is -0.336. The van der Waals surface area contributed by atoms with E-state index in [2.05, 4.69) is 30.8 Å². The highest BCUT2D eigenvalue weighted by molar-refractivity contribution is 5.94. The molecule has 8 heteroatoms. The van der Waals surface area contributed by atoms with Crippen molar-refractivity contribution in [3.8, 4) is 0 Å². The van der Waals surface area contributed by atoms with E-state index in [0.29, 0.717) is 24.6 Å². The van der Waals surface area contributed by atoms with Gasteiger partial charge in [0.05, 0.1) is 11.6 Å². The van der Waals surface area contributed by atoms with Gasteiger partial charge in [-0.1, -0.05) is 12.1 Å². The van der Waals surface area contributed by atoms with Crippen LogP contribution in [0.15, 0.2) is 36.8 Å². The number of nitrogens with zero attached hydrogens (tertiary/aromatic N) is 3. The monoisotopic (exact) mass is 338 g/mol. The van der Waals surface area contributed by atoms with Gasteiger partial charge in [0.25, 0.3) is 5.91 Å². The van der Waals surface area contributed by atoms with E-state index in [0.717, 1.165) is 29.5 Å². The van der Waals surface area contributed by atoms with Crippen molar-refractivity contribution >= 4 is 28.4 Å². The first-order chi connectivity index (χ1) is 12.3. The van der Waals surface area contributed by atoms with Gasteiger partial charge in [-0.3, -0.25) is 9.89 Å². The van der Waals surface area contributed by atoms with Gasteiger partial charge in [-0.25, -0.2) is 9.97 Å². The lowest BCUT2D eigenvalue weighted by Gasteiger charge is -2.12. The van der Waals surface area contributed by atoms with E-state index >= 15 is 0 Å². The zero-order chi connectivity index (χ0) is 17.1. The summed E-state index contributed by atoms with van der Waals surface area (Å²) in [6, 6.07) is 7.71. The Bertz CT molecular complexity index is 887. The van der Waals surface area contributed by atoms with E-state index in [1.807, 2.05) is 24.3 Å². The normalized spacial score (nSPS) is 16.9. The van der Waals surface area contributed by atoms with Crippen LogP contribution in [0, 0.1) is 0 Å². The Morgan fingerprint density at radius 1 is 1.36 bits per heavy atom. The van der Waals surface area contributed by atoms with Gasteiger partial charge < -0.3 is 15.4 Å². The molecule has 3 N–H and O–H groups in total. The van der Waals surface area contributed by atoms with E-state index in [4.69, 9.17) is 4.74 Å². The molecule has 1 aliphatic rings. The van der Waals surface area contributed by atoms with Gasteiger partial charge in [-0.2, -0.15) is 5.10 Å². The SMILES string of the molecule is O=C(Nc1cccc(CNc2ncnc3[nH]ncc23)c1)C1CCCO1. The molecule has 128 valence electrons. The zero-order valence-corrected chi connectivity index (χ0v) is 13.5. The van der Waals surface area contributed by atoms with Gasteiger partial charge >= 0.3 is 0 Å². The van der Waals surface area contributed by atoms with Crippen LogP contribution in [-0.4, -0.2) is 38.8 Å². The summed E-state index contributed by atoms with van der Waals surface area (Å²) in [7, 11) is 0. The van der Waals surface area contributed by atoms with Crippen LogP contribution in [0.1, 0.15) is 18.4 Å². The molecule has 1 saturated heterocycles. The molecule has 0 radical (unpaired) electrons. The van der Waals surface area contributed by atoms with E-state index in [-0.39, 0.29) is 12.0 Å². The highest BCUT2D eigenvalue weighted by Gasteiger charge is 2.23. The topological polar surface area (TPSA) is 105 Å². The highest BCUT2D eigenvalue weighted by Crippen LogP contribution is 2.19. The molecule has 0 saturated carbocycles. The lowest BCUT2D eigenvalue weighted by Crippen LogP contribution is -2.26. The van der Waals surface area contributed by atoms with Crippen molar-refractivity contribution in [2.75, 3.05) is 17.2 Å². The van der Waals surface area contributed by atoms with Crippen molar-refractivity contribution in [3.63, 3.8) is 0 Å². The maximum Gasteiger partial charge on any atom is 0.253 e. The van der Waals surface area contributed by atoms with Crippen LogP contribution in [0.2, 0.25) is 0 Å². The molecule has 1 fully saturated rings. The molecule has 1 aliphatic heterocycles. The van der Waals surface area contributed by atoms with Crippen molar-refractivity contribution in [1.29, 1.82) is 0 Å². The molecule has 1 unspecified atom stereocenters. The fourth-order valence-electron chi connectivity index (χ4n) is 2.86. The van der Waals surface area contributed by atoms with Crippen LogP contribution in [0.4, 0.5) is 11.5 Å². The molecule has 0 spiro atoms. The van der Waals surface area contributed by atoms with Gasteiger partial charge in [-0.15, -0.1) is 0 Å². The Labute approximate surface area is 144 Å². The third kappa shape index (κ3) is 3.43. The third-order valence-corrected chi connectivity index (χ3v) is 4.12. The number of anilines is 2. The number of rotatable bonds is 5. The van der Waals surface area contributed by atoms with Crippen molar-refractivity contribution < 1.29 is 9.53 Å².